The van der Waals surface area contributed by atoms with E-state index in [-0.39, 0.29) is 17.4 Å². The van der Waals surface area contributed by atoms with Crippen molar-refractivity contribution in [3.63, 3.8) is 0 Å². The Bertz CT molecular complexity index is 1050. The molecule has 2 heterocycles. The van der Waals surface area contributed by atoms with Gasteiger partial charge in [0.2, 0.25) is 15.9 Å². The van der Waals surface area contributed by atoms with Crippen molar-refractivity contribution in [2.75, 3.05) is 13.1 Å². The molecule has 0 unspecified atom stereocenters. The molecular weight excluding hydrogens is 414 g/mol. The highest BCUT2D eigenvalue weighted by Crippen LogP contribution is 2.30. The fourth-order valence-electron chi connectivity index (χ4n) is 3.27. The molecule has 1 aliphatic heterocycles. The molecule has 152 valence electrons. The zero-order valence-corrected chi connectivity index (χ0v) is 17.1. The zero-order valence-electron chi connectivity index (χ0n) is 15.6. The first kappa shape index (κ1) is 19.9. The summed E-state index contributed by atoms with van der Waals surface area (Å²) in [5.41, 5.74) is 0. The van der Waals surface area contributed by atoms with Crippen LogP contribution in [0, 0.1) is 0 Å². The molecule has 1 aliphatic rings. The summed E-state index contributed by atoms with van der Waals surface area (Å²) in [5, 5.41) is 8.65. The van der Waals surface area contributed by atoms with Gasteiger partial charge in [0.25, 0.3) is 5.89 Å². The number of rotatable bonds is 6. The van der Waals surface area contributed by atoms with E-state index in [4.69, 9.17) is 20.8 Å². The number of piperidine rings is 1. The van der Waals surface area contributed by atoms with Crippen LogP contribution in [-0.2, 0) is 16.6 Å². The molecular formula is C20H20ClN3O4S. The van der Waals surface area contributed by atoms with Crippen molar-refractivity contribution in [3.8, 4) is 5.75 Å². The molecule has 0 spiro atoms. The molecule has 9 heteroatoms. The summed E-state index contributed by atoms with van der Waals surface area (Å²) in [4.78, 5) is 0.227. The summed E-state index contributed by atoms with van der Waals surface area (Å²) in [6.45, 7) is 0.919. The zero-order chi connectivity index (χ0) is 20.3. The van der Waals surface area contributed by atoms with Gasteiger partial charge >= 0.3 is 0 Å². The van der Waals surface area contributed by atoms with Gasteiger partial charge in [0, 0.05) is 18.1 Å². The Morgan fingerprint density at radius 2 is 1.86 bits per heavy atom. The summed E-state index contributed by atoms with van der Waals surface area (Å²) in [6.07, 6.45) is 1.50. The van der Waals surface area contributed by atoms with Crippen molar-refractivity contribution in [1.29, 1.82) is 0 Å². The Hall–Kier alpha value is -2.42. The van der Waals surface area contributed by atoms with Crippen molar-refractivity contribution in [2.24, 2.45) is 0 Å². The van der Waals surface area contributed by atoms with Gasteiger partial charge in [0.1, 0.15) is 5.75 Å². The summed E-state index contributed by atoms with van der Waals surface area (Å²) >= 11 is 5.87. The van der Waals surface area contributed by atoms with E-state index < -0.39 is 10.0 Å². The minimum absolute atomic E-state index is 0.149. The van der Waals surface area contributed by atoms with E-state index in [0.29, 0.717) is 35.6 Å². The summed E-state index contributed by atoms with van der Waals surface area (Å²) in [7, 11) is -3.60. The van der Waals surface area contributed by atoms with Crippen LogP contribution in [0.15, 0.2) is 63.9 Å². The molecule has 0 aliphatic carbocycles. The van der Waals surface area contributed by atoms with E-state index >= 15 is 0 Å². The molecule has 0 bridgehead atoms. The molecule has 1 fully saturated rings. The van der Waals surface area contributed by atoms with Gasteiger partial charge in [0.05, 0.1) is 10.8 Å². The second-order valence-electron chi connectivity index (χ2n) is 6.79. The van der Waals surface area contributed by atoms with Crippen LogP contribution in [0.4, 0.5) is 0 Å². The van der Waals surface area contributed by atoms with Gasteiger partial charge in [-0.3, -0.25) is 0 Å². The normalized spacial score (nSPS) is 17.9. The number of sulfonamides is 1. The standard InChI is InChI=1S/C20H20ClN3O4S/c21-16-8-10-18(11-9-16)29(25,26)24-12-4-5-15(13-24)20-23-22-19(28-20)14-27-17-6-2-1-3-7-17/h1-3,6-11,15H,4-5,12-14H2/t15-/m0/s1. The fraction of sp³-hybridized carbons (Fsp3) is 0.300. The largest absolute Gasteiger partial charge is 0.484 e. The predicted molar refractivity (Wildman–Crippen MR) is 107 cm³/mol. The number of hydrogen-bond donors (Lipinski definition) is 0. The number of benzene rings is 2. The smallest absolute Gasteiger partial charge is 0.253 e. The summed E-state index contributed by atoms with van der Waals surface area (Å²) in [6, 6.07) is 15.6. The number of halogens is 1. The molecule has 7 nitrogen and oxygen atoms in total. The average molecular weight is 434 g/mol. The molecule has 0 radical (unpaired) electrons. The van der Waals surface area contributed by atoms with Crippen molar-refractivity contribution in [3.05, 3.63) is 71.4 Å². The number of aromatic nitrogens is 2. The highest BCUT2D eigenvalue weighted by Gasteiger charge is 2.33. The predicted octanol–water partition coefficient (Wildman–Crippen LogP) is 3.87. The van der Waals surface area contributed by atoms with E-state index in [1.807, 2.05) is 30.3 Å². The lowest BCUT2D eigenvalue weighted by atomic mass is 10.00. The third kappa shape index (κ3) is 4.60. The monoisotopic (exact) mass is 433 g/mol. The molecule has 1 aromatic heterocycles. The number of para-hydroxylation sites is 1. The van der Waals surface area contributed by atoms with Crippen molar-refractivity contribution in [2.45, 2.75) is 30.3 Å². The van der Waals surface area contributed by atoms with Gasteiger partial charge in [-0.15, -0.1) is 10.2 Å². The van der Waals surface area contributed by atoms with Gasteiger partial charge in [-0.05, 0) is 49.2 Å². The van der Waals surface area contributed by atoms with E-state index in [9.17, 15) is 8.42 Å². The minimum Gasteiger partial charge on any atom is -0.484 e. The first-order chi connectivity index (χ1) is 14.0. The Morgan fingerprint density at radius 1 is 1.10 bits per heavy atom. The second kappa shape index (κ2) is 8.52. The maximum absolute atomic E-state index is 12.9. The SMILES string of the molecule is O=S(=O)(c1ccc(Cl)cc1)N1CCC[C@H](c2nnc(COc3ccccc3)o2)C1. The van der Waals surface area contributed by atoms with Crippen LogP contribution in [0.2, 0.25) is 5.02 Å². The Balaban J connectivity index is 1.43. The van der Waals surface area contributed by atoms with E-state index in [2.05, 4.69) is 10.2 Å². The van der Waals surface area contributed by atoms with Crippen LogP contribution < -0.4 is 4.74 Å². The topological polar surface area (TPSA) is 85.5 Å². The fourth-order valence-corrected chi connectivity index (χ4v) is 4.92. The van der Waals surface area contributed by atoms with Gasteiger partial charge in [-0.2, -0.15) is 4.31 Å². The average Bonchev–Trinajstić information content (AvgIpc) is 3.23. The van der Waals surface area contributed by atoms with Gasteiger partial charge in [-0.1, -0.05) is 29.8 Å². The highest BCUT2D eigenvalue weighted by molar-refractivity contribution is 7.89. The lowest BCUT2D eigenvalue weighted by Crippen LogP contribution is -2.39. The van der Waals surface area contributed by atoms with Crippen LogP contribution in [0.5, 0.6) is 5.75 Å². The van der Waals surface area contributed by atoms with Crippen molar-refractivity contribution in [1.82, 2.24) is 14.5 Å². The van der Waals surface area contributed by atoms with Gasteiger partial charge < -0.3 is 9.15 Å². The molecule has 2 aromatic carbocycles. The first-order valence-electron chi connectivity index (χ1n) is 9.28. The molecule has 0 amide bonds. The quantitative estimate of drug-likeness (QED) is 0.586. The third-order valence-corrected chi connectivity index (χ3v) is 6.90. The molecule has 0 saturated carbocycles. The Kier molecular flexibility index (Phi) is 5.84. The van der Waals surface area contributed by atoms with Gasteiger partial charge in [0.15, 0.2) is 6.61 Å². The molecule has 4 rings (SSSR count). The molecule has 1 atom stereocenters. The maximum Gasteiger partial charge on any atom is 0.253 e. The Morgan fingerprint density at radius 3 is 2.62 bits per heavy atom. The highest BCUT2D eigenvalue weighted by atomic mass is 35.5. The lowest BCUT2D eigenvalue weighted by molar-refractivity contribution is 0.243. The van der Waals surface area contributed by atoms with E-state index in [1.165, 1.54) is 16.4 Å². The Labute approximate surface area is 174 Å². The molecule has 0 N–H and O–H groups in total. The van der Waals surface area contributed by atoms with Crippen LogP contribution in [0.1, 0.15) is 30.5 Å². The van der Waals surface area contributed by atoms with Crippen LogP contribution in [0.3, 0.4) is 0 Å². The summed E-state index contributed by atoms with van der Waals surface area (Å²) < 4.78 is 38.7. The third-order valence-electron chi connectivity index (χ3n) is 4.77. The van der Waals surface area contributed by atoms with Crippen molar-refractivity contribution >= 4 is 21.6 Å². The van der Waals surface area contributed by atoms with E-state index in [0.717, 1.165) is 12.8 Å². The molecule has 29 heavy (non-hydrogen) atoms. The number of ether oxygens (including phenoxy) is 1. The summed E-state index contributed by atoms with van der Waals surface area (Å²) in [5.74, 6) is 1.36. The van der Waals surface area contributed by atoms with Crippen molar-refractivity contribution < 1.29 is 17.6 Å². The minimum atomic E-state index is -3.60. The van der Waals surface area contributed by atoms with Crippen LogP contribution in [-0.4, -0.2) is 36.0 Å². The molecule has 3 aromatic rings. The second-order valence-corrected chi connectivity index (χ2v) is 9.17. The van der Waals surface area contributed by atoms with Crippen LogP contribution in [0.25, 0.3) is 0 Å². The number of nitrogens with zero attached hydrogens (tertiary/aromatic N) is 3. The lowest BCUT2D eigenvalue weighted by Gasteiger charge is -2.30. The number of hydrogen-bond acceptors (Lipinski definition) is 6. The van der Waals surface area contributed by atoms with Crippen LogP contribution >= 0.6 is 11.6 Å². The van der Waals surface area contributed by atoms with E-state index in [1.54, 1.807) is 12.1 Å². The van der Waals surface area contributed by atoms with Gasteiger partial charge in [-0.25, -0.2) is 8.42 Å². The molecule has 1 saturated heterocycles. The first-order valence-corrected chi connectivity index (χ1v) is 11.1. The maximum atomic E-state index is 12.9.